The Morgan fingerprint density at radius 1 is 1.43 bits per heavy atom. The molecule has 1 rings (SSSR count). The summed E-state index contributed by atoms with van der Waals surface area (Å²) >= 11 is 0. The van der Waals surface area contributed by atoms with Gasteiger partial charge in [0.2, 0.25) is 0 Å². The molecule has 0 unspecified atom stereocenters. The SMILES string of the molecule is C#CC(=O)N(CCO)C1CCCCC1. The molecule has 1 fully saturated rings. The highest BCUT2D eigenvalue weighted by Gasteiger charge is 2.23. The van der Waals surface area contributed by atoms with Crippen molar-refractivity contribution in [3.05, 3.63) is 0 Å². The van der Waals surface area contributed by atoms with Crippen molar-refractivity contribution in [2.75, 3.05) is 13.2 Å². The van der Waals surface area contributed by atoms with Crippen LogP contribution in [0.5, 0.6) is 0 Å². The Bertz CT molecular complexity index is 226. The summed E-state index contributed by atoms with van der Waals surface area (Å²) in [6, 6.07) is 0.249. The van der Waals surface area contributed by atoms with Crippen molar-refractivity contribution < 1.29 is 9.90 Å². The predicted octanol–water partition coefficient (Wildman–Crippen LogP) is 0.773. The van der Waals surface area contributed by atoms with Gasteiger partial charge in [-0.1, -0.05) is 19.3 Å². The largest absolute Gasteiger partial charge is 0.395 e. The minimum absolute atomic E-state index is 0.0100. The molecule has 0 atom stereocenters. The molecule has 0 saturated heterocycles. The standard InChI is InChI=1S/C11H17NO2/c1-2-11(14)12(8-9-13)10-6-4-3-5-7-10/h1,10,13H,3-9H2. The monoisotopic (exact) mass is 195 g/mol. The lowest BCUT2D eigenvalue weighted by Crippen LogP contribution is -2.42. The number of terminal acetylenes is 1. The van der Waals surface area contributed by atoms with Gasteiger partial charge in [-0.25, -0.2) is 0 Å². The zero-order chi connectivity index (χ0) is 10.4. The van der Waals surface area contributed by atoms with Crippen molar-refractivity contribution in [2.24, 2.45) is 0 Å². The van der Waals surface area contributed by atoms with Gasteiger partial charge in [0.15, 0.2) is 0 Å². The van der Waals surface area contributed by atoms with Crippen LogP contribution in [0.25, 0.3) is 0 Å². The quantitative estimate of drug-likeness (QED) is 0.676. The van der Waals surface area contributed by atoms with Gasteiger partial charge in [-0.3, -0.25) is 4.79 Å². The highest BCUT2D eigenvalue weighted by molar-refractivity contribution is 5.93. The number of hydrogen-bond acceptors (Lipinski definition) is 2. The van der Waals surface area contributed by atoms with Crippen LogP contribution in [0, 0.1) is 12.3 Å². The molecule has 1 aliphatic carbocycles. The van der Waals surface area contributed by atoms with E-state index in [0.717, 1.165) is 25.7 Å². The maximum absolute atomic E-state index is 11.4. The van der Waals surface area contributed by atoms with E-state index in [4.69, 9.17) is 11.5 Å². The summed E-state index contributed by atoms with van der Waals surface area (Å²) in [5.74, 6) is 1.84. The number of hydrogen-bond donors (Lipinski definition) is 1. The number of amides is 1. The van der Waals surface area contributed by atoms with E-state index in [1.54, 1.807) is 4.90 Å². The van der Waals surface area contributed by atoms with Crippen molar-refractivity contribution in [3.8, 4) is 12.3 Å². The summed E-state index contributed by atoms with van der Waals surface area (Å²) in [5, 5.41) is 8.85. The van der Waals surface area contributed by atoms with E-state index >= 15 is 0 Å². The van der Waals surface area contributed by atoms with Gasteiger partial charge in [0.05, 0.1) is 6.61 Å². The highest BCUT2D eigenvalue weighted by atomic mass is 16.3. The topological polar surface area (TPSA) is 40.5 Å². The summed E-state index contributed by atoms with van der Waals surface area (Å²) in [5.41, 5.74) is 0. The lowest BCUT2D eigenvalue weighted by Gasteiger charge is -2.32. The van der Waals surface area contributed by atoms with Gasteiger partial charge in [0.25, 0.3) is 5.91 Å². The Labute approximate surface area is 85.1 Å². The van der Waals surface area contributed by atoms with Crippen molar-refractivity contribution in [2.45, 2.75) is 38.1 Å². The molecule has 78 valence electrons. The number of aliphatic hydroxyl groups is 1. The maximum Gasteiger partial charge on any atom is 0.298 e. The molecule has 3 heteroatoms. The number of carbonyl (C=O) groups excluding carboxylic acids is 1. The molecule has 1 aliphatic rings. The van der Waals surface area contributed by atoms with E-state index in [1.807, 2.05) is 0 Å². The van der Waals surface area contributed by atoms with Crippen LogP contribution in [0.15, 0.2) is 0 Å². The third-order valence-corrected chi connectivity index (χ3v) is 2.74. The van der Waals surface area contributed by atoms with Crippen LogP contribution < -0.4 is 0 Å². The van der Waals surface area contributed by atoms with Crippen LogP contribution in [0.1, 0.15) is 32.1 Å². The van der Waals surface area contributed by atoms with E-state index in [9.17, 15) is 4.79 Å². The van der Waals surface area contributed by atoms with Crippen LogP contribution in [0.3, 0.4) is 0 Å². The third kappa shape index (κ3) is 2.74. The first-order valence-electron chi connectivity index (χ1n) is 5.17. The van der Waals surface area contributed by atoms with Gasteiger partial charge in [-0.05, 0) is 18.8 Å². The fourth-order valence-corrected chi connectivity index (χ4v) is 2.03. The second kappa shape index (κ2) is 5.66. The van der Waals surface area contributed by atoms with Gasteiger partial charge in [-0.2, -0.15) is 0 Å². The van der Waals surface area contributed by atoms with Crippen LogP contribution >= 0.6 is 0 Å². The van der Waals surface area contributed by atoms with Gasteiger partial charge in [0, 0.05) is 12.6 Å². The lowest BCUT2D eigenvalue weighted by atomic mass is 9.94. The molecule has 1 amide bonds. The molecule has 14 heavy (non-hydrogen) atoms. The van der Waals surface area contributed by atoms with E-state index in [1.165, 1.54) is 6.42 Å². The number of carbonyl (C=O) groups is 1. The van der Waals surface area contributed by atoms with Crippen LogP contribution in [-0.4, -0.2) is 35.1 Å². The Kier molecular flexibility index (Phi) is 4.48. The fraction of sp³-hybridized carbons (Fsp3) is 0.727. The van der Waals surface area contributed by atoms with Gasteiger partial charge < -0.3 is 10.0 Å². The van der Waals surface area contributed by atoms with Crippen molar-refractivity contribution in [3.63, 3.8) is 0 Å². The molecule has 0 heterocycles. The first-order valence-corrected chi connectivity index (χ1v) is 5.17. The van der Waals surface area contributed by atoms with Gasteiger partial charge >= 0.3 is 0 Å². The molecular formula is C11H17NO2. The minimum atomic E-state index is -0.286. The van der Waals surface area contributed by atoms with Crippen LogP contribution in [0.4, 0.5) is 0 Å². The molecule has 0 aromatic rings. The summed E-state index contributed by atoms with van der Waals surface area (Å²) in [4.78, 5) is 13.0. The summed E-state index contributed by atoms with van der Waals surface area (Å²) in [6.07, 6.45) is 10.7. The number of aliphatic hydroxyl groups excluding tert-OH is 1. The average Bonchev–Trinajstić information content (AvgIpc) is 2.26. The molecule has 3 nitrogen and oxygen atoms in total. The summed E-state index contributed by atoms with van der Waals surface area (Å²) < 4.78 is 0. The van der Waals surface area contributed by atoms with Gasteiger partial charge in [-0.15, -0.1) is 6.42 Å². The minimum Gasteiger partial charge on any atom is -0.395 e. The predicted molar refractivity (Wildman–Crippen MR) is 54.5 cm³/mol. The zero-order valence-electron chi connectivity index (χ0n) is 8.41. The lowest BCUT2D eigenvalue weighted by molar-refractivity contribution is -0.128. The first-order chi connectivity index (χ1) is 6.79. The fourth-order valence-electron chi connectivity index (χ4n) is 2.03. The van der Waals surface area contributed by atoms with E-state index in [0.29, 0.717) is 6.54 Å². The Hall–Kier alpha value is -1.01. The summed E-state index contributed by atoms with van der Waals surface area (Å²) in [7, 11) is 0. The van der Waals surface area contributed by atoms with Crippen molar-refractivity contribution in [1.29, 1.82) is 0 Å². The zero-order valence-corrected chi connectivity index (χ0v) is 8.41. The molecular weight excluding hydrogens is 178 g/mol. The van der Waals surface area contributed by atoms with Crippen LogP contribution in [-0.2, 0) is 4.79 Å². The smallest absolute Gasteiger partial charge is 0.298 e. The molecule has 0 aliphatic heterocycles. The second-order valence-electron chi connectivity index (χ2n) is 3.66. The first kappa shape index (κ1) is 11.1. The average molecular weight is 195 g/mol. The molecule has 0 spiro atoms. The normalized spacial score (nSPS) is 17.4. The van der Waals surface area contributed by atoms with Crippen molar-refractivity contribution in [1.82, 2.24) is 4.90 Å². The van der Waals surface area contributed by atoms with E-state index in [-0.39, 0.29) is 18.6 Å². The van der Waals surface area contributed by atoms with E-state index < -0.39 is 0 Å². The number of rotatable bonds is 3. The Morgan fingerprint density at radius 2 is 2.07 bits per heavy atom. The molecule has 0 radical (unpaired) electrons. The third-order valence-electron chi connectivity index (χ3n) is 2.74. The molecule has 1 N–H and O–H groups in total. The molecule has 0 aromatic heterocycles. The Morgan fingerprint density at radius 3 is 2.57 bits per heavy atom. The van der Waals surface area contributed by atoms with Gasteiger partial charge in [0.1, 0.15) is 0 Å². The molecule has 0 aromatic carbocycles. The van der Waals surface area contributed by atoms with Crippen molar-refractivity contribution >= 4 is 5.91 Å². The summed E-state index contributed by atoms with van der Waals surface area (Å²) in [6.45, 7) is 0.359. The van der Waals surface area contributed by atoms with Crippen LogP contribution in [0.2, 0.25) is 0 Å². The molecule has 1 saturated carbocycles. The molecule has 0 bridgehead atoms. The Balaban J connectivity index is 2.56. The maximum atomic E-state index is 11.4. The highest BCUT2D eigenvalue weighted by Crippen LogP contribution is 2.22. The second-order valence-corrected chi connectivity index (χ2v) is 3.66. The number of nitrogens with zero attached hydrogens (tertiary/aromatic N) is 1. The van der Waals surface area contributed by atoms with E-state index in [2.05, 4.69) is 5.92 Å².